The lowest BCUT2D eigenvalue weighted by molar-refractivity contribution is -0.148. The molecule has 0 saturated carbocycles. The first-order valence-electron chi connectivity index (χ1n) is 13.2. The number of carbonyl (C=O) groups excluding carboxylic acids is 1. The maximum atomic E-state index is 13.2. The van der Waals surface area contributed by atoms with Crippen LogP contribution < -0.4 is 5.73 Å². The van der Waals surface area contributed by atoms with Crippen LogP contribution in [-0.2, 0) is 4.79 Å². The summed E-state index contributed by atoms with van der Waals surface area (Å²) in [6.07, 6.45) is 1.77. The van der Waals surface area contributed by atoms with Crippen molar-refractivity contribution >= 4 is 38.9 Å². The van der Waals surface area contributed by atoms with Gasteiger partial charge in [-0.25, -0.2) is 0 Å². The number of H-pyrrole nitrogens is 1. The Morgan fingerprint density at radius 2 is 1.71 bits per heavy atom. The topological polar surface area (TPSA) is 67.1 Å². The van der Waals surface area contributed by atoms with E-state index in [1.807, 2.05) is 60.9 Å². The van der Waals surface area contributed by atoms with Gasteiger partial charge in [-0.05, 0) is 42.9 Å². The van der Waals surface area contributed by atoms with Crippen molar-refractivity contribution in [3.63, 3.8) is 0 Å². The average molecular weight is 523 g/mol. The highest BCUT2D eigenvalue weighted by Crippen LogP contribution is 2.41. The fraction of sp³-hybridized carbons (Fsp3) is 0.367. The van der Waals surface area contributed by atoms with Crippen LogP contribution in [0.25, 0.3) is 33.0 Å². The molecule has 1 aliphatic heterocycles. The van der Waals surface area contributed by atoms with Crippen LogP contribution >= 0.6 is 0 Å². The molecule has 3 heterocycles. The summed E-state index contributed by atoms with van der Waals surface area (Å²) in [5.41, 5.74) is 11.2. The lowest BCUT2D eigenvalue weighted by Gasteiger charge is -2.33. The van der Waals surface area contributed by atoms with E-state index in [1.54, 1.807) is 0 Å². The summed E-state index contributed by atoms with van der Waals surface area (Å²) < 4.78 is 40.9. The zero-order chi connectivity index (χ0) is 27.0. The molecular formula is C30H33F3N4O. The number of carbonyl (C=O) groups is 1. The van der Waals surface area contributed by atoms with Crippen molar-refractivity contribution in [1.82, 2.24) is 14.5 Å². The summed E-state index contributed by atoms with van der Waals surface area (Å²) in [7, 11) is 0. The maximum Gasteiger partial charge on any atom is 0.401 e. The molecule has 1 fully saturated rings. The fourth-order valence-electron chi connectivity index (χ4n) is 5.87. The van der Waals surface area contributed by atoms with Gasteiger partial charge in [-0.2, -0.15) is 13.2 Å². The zero-order valence-electron chi connectivity index (χ0n) is 21.7. The van der Waals surface area contributed by atoms with Crippen LogP contribution in [0.4, 0.5) is 13.2 Å². The Bertz CT molecular complexity index is 1490. The van der Waals surface area contributed by atoms with Crippen LogP contribution in [0.15, 0.2) is 60.9 Å². The van der Waals surface area contributed by atoms with Gasteiger partial charge in [-0.15, -0.1) is 0 Å². The smallest absolute Gasteiger partial charge is 0.366 e. The normalized spacial score (nSPS) is 17.2. The quantitative estimate of drug-likeness (QED) is 0.263. The number of nitrogens with one attached hydrogen (secondary N) is 1. The molecule has 0 aliphatic carbocycles. The number of nitrogens with zero attached hydrogens (tertiary/aromatic N) is 2. The number of aromatic amines is 1. The van der Waals surface area contributed by atoms with E-state index in [2.05, 4.69) is 23.4 Å². The summed E-state index contributed by atoms with van der Waals surface area (Å²) in [6, 6.07) is 15.9. The Morgan fingerprint density at radius 3 is 2.37 bits per heavy atom. The van der Waals surface area contributed by atoms with Crippen molar-refractivity contribution in [2.45, 2.75) is 45.3 Å². The number of hydrogen-bond donors (Lipinski definition) is 2. The minimum Gasteiger partial charge on any atom is -0.366 e. The first-order chi connectivity index (χ1) is 18.2. The number of piperidine rings is 1. The highest BCUT2D eigenvalue weighted by Gasteiger charge is 2.33. The first-order valence-corrected chi connectivity index (χ1v) is 13.2. The van der Waals surface area contributed by atoms with E-state index in [1.165, 1.54) is 4.90 Å². The molecule has 1 aliphatic rings. The largest absolute Gasteiger partial charge is 0.401 e. The molecule has 1 amide bonds. The summed E-state index contributed by atoms with van der Waals surface area (Å²) in [4.78, 5) is 18.0. The number of benzene rings is 2. The highest BCUT2D eigenvalue weighted by molar-refractivity contribution is 6.30. The fourth-order valence-corrected chi connectivity index (χ4v) is 5.87. The molecule has 5 nitrogen and oxygen atoms in total. The first kappa shape index (κ1) is 26.1. The molecule has 200 valence electrons. The number of halogens is 3. The van der Waals surface area contributed by atoms with Gasteiger partial charge < -0.3 is 15.3 Å². The molecule has 1 atom stereocenters. The van der Waals surface area contributed by atoms with Crippen molar-refractivity contribution in [2.24, 2.45) is 11.7 Å². The van der Waals surface area contributed by atoms with E-state index >= 15 is 0 Å². The molecule has 0 bridgehead atoms. The number of likely N-dealkylation sites (tertiary alicyclic amines) is 1. The van der Waals surface area contributed by atoms with Crippen LogP contribution in [0.5, 0.6) is 0 Å². The Balaban J connectivity index is 1.64. The SMILES string of the molecule is CCC(C)/C(=C(\C(N)=O)c1cn(C2CCN(CC(F)(F)F)CC2)c2ccccc12)c1c[nH]c2ccccc12. The highest BCUT2D eigenvalue weighted by atomic mass is 19.4. The molecule has 1 unspecified atom stereocenters. The van der Waals surface area contributed by atoms with Crippen molar-refractivity contribution in [3.05, 3.63) is 72.1 Å². The van der Waals surface area contributed by atoms with Crippen molar-refractivity contribution in [3.8, 4) is 0 Å². The lowest BCUT2D eigenvalue weighted by Crippen LogP contribution is -2.40. The molecule has 0 spiro atoms. The standard InChI is InChI=1S/C30H33F3N4O/c1-3-19(2)27(23-16-35-25-10-6-4-8-21(23)25)28(29(34)38)24-17-37(26-11-7-5-9-22(24)26)20-12-14-36(15-13-20)18-30(31,32)33/h4-11,16-17,19-20,35H,3,12-15,18H2,1-2H3,(H2,34,38)/b28-27+. The summed E-state index contributed by atoms with van der Waals surface area (Å²) in [5.74, 6) is -0.432. The number of para-hydroxylation sites is 2. The number of primary amides is 1. The molecule has 3 N–H and O–H groups in total. The van der Waals surface area contributed by atoms with Gasteiger partial charge in [-0.1, -0.05) is 50.2 Å². The van der Waals surface area contributed by atoms with E-state index in [9.17, 15) is 18.0 Å². The van der Waals surface area contributed by atoms with Gasteiger partial charge in [0, 0.05) is 64.5 Å². The summed E-state index contributed by atoms with van der Waals surface area (Å²) in [5, 5.41) is 1.95. The predicted molar refractivity (Wildman–Crippen MR) is 146 cm³/mol. The van der Waals surface area contributed by atoms with Gasteiger partial charge in [0.05, 0.1) is 12.1 Å². The third-order valence-electron chi connectivity index (χ3n) is 7.86. The summed E-state index contributed by atoms with van der Waals surface area (Å²) in [6.45, 7) is 4.07. The maximum absolute atomic E-state index is 13.2. The number of amides is 1. The Kier molecular flexibility index (Phi) is 7.09. The van der Waals surface area contributed by atoms with Crippen molar-refractivity contribution in [2.75, 3.05) is 19.6 Å². The number of nitrogens with two attached hydrogens (primary N) is 1. The molecular weight excluding hydrogens is 489 g/mol. The van der Waals surface area contributed by atoms with Gasteiger partial charge in [-0.3, -0.25) is 9.69 Å². The van der Waals surface area contributed by atoms with Crippen LogP contribution in [0.2, 0.25) is 0 Å². The summed E-state index contributed by atoms with van der Waals surface area (Å²) >= 11 is 0. The minimum absolute atomic E-state index is 0.0346. The van der Waals surface area contributed by atoms with E-state index in [-0.39, 0.29) is 12.0 Å². The van der Waals surface area contributed by atoms with E-state index in [4.69, 9.17) is 5.73 Å². The van der Waals surface area contributed by atoms with Gasteiger partial charge in [0.2, 0.25) is 5.91 Å². The van der Waals surface area contributed by atoms with Gasteiger partial charge in [0.25, 0.3) is 0 Å². The molecule has 5 rings (SSSR count). The molecule has 38 heavy (non-hydrogen) atoms. The van der Waals surface area contributed by atoms with Crippen molar-refractivity contribution < 1.29 is 18.0 Å². The Labute approximate surface area is 220 Å². The number of fused-ring (bicyclic) bond motifs is 2. The lowest BCUT2D eigenvalue weighted by atomic mass is 9.84. The molecule has 2 aromatic carbocycles. The number of aromatic nitrogens is 2. The third kappa shape index (κ3) is 4.97. The van der Waals surface area contributed by atoms with Gasteiger partial charge >= 0.3 is 6.18 Å². The van der Waals surface area contributed by atoms with Gasteiger partial charge in [0.1, 0.15) is 0 Å². The number of hydrogen-bond acceptors (Lipinski definition) is 2. The Hall–Kier alpha value is -3.52. The third-order valence-corrected chi connectivity index (χ3v) is 7.86. The van der Waals surface area contributed by atoms with Gasteiger partial charge in [0.15, 0.2) is 0 Å². The van der Waals surface area contributed by atoms with Crippen LogP contribution in [0.1, 0.15) is 50.3 Å². The monoisotopic (exact) mass is 522 g/mol. The zero-order valence-corrected chi connectivity index (χ0v) is 21.7. The van der Waals surface area contributed by atoms with E-state index in [0.717, 1.165) is 44.9 Å². The van der Waals surface area contributed by atoms with E-state index < -0.39 is 18.6 Å². The average Bonchev–Trinajstić information content (AvgIpc) is 3.48. The molecule has 4 aromatic rings. The number of rotatable bonds is 7. The van der Waals surface area contributed by atoms with Crippen LogP contribution in [0, 0.1) is 5.92 Å². The Morgan fingerprint density at radius 1 is 1.05 bits per heavy atom. The molecule has 8 heteroatoms. The number of allylic oxidation sites excluding steroid dienone is 1. The van der Waals surface area contributed by atoms with Crippen LogP contribution in [0.3, 0.4) is 0 Å². The molecule has 2 aromatic heterocycles. The second kappa shape index (κ2) is 10.3. The predicted octanol–water partition coefficient (Wildman–Crippen LogP) is 6.76. The molecule has 0 radical (unpaired) electrons. The number of alkyl halides is 3. The minimum atomic E-state index is -4.20. The second-order valence-corrected chi connectivity index (χ2v) is 10.3. The van der Waals surface area contributed by atoms with Crippen molar-refractivity contribution in [1.29, 1.82) is 0 Å². The molecule has 1 saturated heterocycles. The second-order valence-electron chi connectivity index (χ2n) is 10.3. The van der Waals surface area contributed by atoms with E-state index in [0.29, 0.717) is 31.5 Å². The van der Waals surface area contributed by atoms with Crippen LogP contribution in [-0.4, -0.2) is 46.2 Å².